The molecule has 11 nitrogen and oxygen atoms in total. The van der Waals surface area contributed by atoms with Gasteiger partial charge >= 0.3 is 5.97 Å². The zero-order chi connectivity index (χ0) is 21.5. The van der Waals surface area contributed by atoms with Crippen molar-refractivity contribution in [1.29, 1.82) is 0 Å². The summed E-state index contributed by atoms with van der Waals surface area (Å²) in [6.07, 6.45) is 2.92. The molecule has 11 heteroatoms. The van der Waals surface area contributed by atoms with Crippen LogP contribution in [-0.4, -0.2) is 60.0 Å². The fraction of sp³-hybridized carbons (Fsp3) is 0.765. The third-order valence-corrected chi connectivity index (χ3v) is 4.18. The second-order valence-corrected chi connectivity index (χ2v) is 6.64. The Morgan fingerprint density at radius 2 is 1.29 bits per heavy atom. The Morgan fingerprint density at radius 3 is 1.75 bits per heavy atom. The van der Waals surface area contributed by atoms with Crippen molar-refractivity contribution in [3.63, 3.8) is 0 Å². The molecule has 0 radical (unpaired) electrons. The minimum absolute atomic E-state index is 0.0507. The first kappa shape index (κ1) is 25.8. The number of hydrogen-bond donors (Lipinski definition) is 7. The summed E-state index contributed by atoms with van der Waals surface area (Å²) in [5, 5.41) is 14.3. The van der Waals surface area contributed by atoms with E-state index in [-0.39, 0.29) is 25.7 Å². The lowest BCUT2D eigenvalue weighted by molar-refractivity contribution is -0.142. The van der Waals surface area contributed by atoms with Crippen molar-refractivity contribution in [2.75, 3.05) is 13.1 Å². The Labute approximate surface area is 164 Å². The lowest BCUT2D eigenvalue weighted by Crippen LogP contribution is -2.54. The van der Waals surface area contributed by atoms with E-state index in [1.165, 1.54) is 0 Å². The van der Waals surface area contributed by atoms with Crippen LogP contribution in [0.2, 0.25) is 0 Å². The number of carboxylic acids is 1. The number of primary amides is 1. The normalized spacial score (nSPS) is 14.0. The highest BCUT2D eigenvalue weighted by Gasteiger charge is 2.27. The molecule has 0 heterocycles. The van der Waals surface area contributed by atoms with Crippen LogP contribution in [0.3, 0.4) is 0 Å². The van der Waals surface area contributed by atoms with Crippen LogP contribution in [0.15, 0.2) is 0 Å². The van der Waals surface area contributed by atoms with Crippen LogP contribution in [0.5, 0.6) is 0 Å². The van der Waals surface area contributed by atoms with Crippen molar-refractivity contribution in [3.05, 3.63) is 0 Å². The van der Waals surface area contributed by atoms with Crippen LogP contribution in [0.1, 0.15) is 51.4 Å². The number of rotatable bonds is 16. The summed E-state index contributed by atoms with van der Waals surface area (Å²) in [6, 6.07) is -3.02. The standard InChI is InChI=1S/C17H34N6O5/c18-9-3-1-5-12(22-15(25)11(20)7-8-14(21)24)16(26)23-13(17(27)28)6-2-4-10-19/h11-13H,1-10,18-20H2,(H2,21,24)(H,22,25)(H,23,26)(H,27,28). The molecule has 11 N–H and O–H groups in total. The lowest BCUT2D eigenvalue weighted by Gasteiger charge is -2.23. The summed E-state index contributed by atoms with van der Waals surface area (Å²) in [5.74, 6) is -2.95. The first-order valence-corrected chi connectivity index (χ1v) is 9.50. The highest BCUT2D eigenvalue weighted by molar-refractivity contribution is 5.91. The molecule has 28 heavy (non-hydrogen) atoms. The second-order valence-electron chi connectivity index (χ2n) is 6.64. The molecule has 0 saturated heterocycles. The Hall–Kier alpha value is -2.24. The van der Waals surface area contributed by atoms with E-state index < -0.39 is 41.8 Å². The number of hydrogen-bond acceptors (Lipinski definition) is 7. The predicted molar refractivity (Wildman–Crippen MR) is 104 cm³/mol. The van der Waals surface area contributed by atoms with Crippen LogP contribution >= 0.6 is 0 Å². The molecular weight excluding hydrogens is 368 g/mol. The first-order valence-electron chi connectivity index (χ1n) is 9.50. The molecule has 0 aromatic carbocycles. The van der Waals surface area contributed by atoms with Crippen molar-refractivity contribution < 1.29 is 24.3 Å². The summed E-state index contributed by atoms with van der Waals surface area (Å²) >= 11 is 0. The molecular formula is C17H34N6O5. The van der Waals surface area contributed by atoms with E-state index in [4.69, 9.17) is 22.9 Å². The minimum atomic E-state index is -1.16. The molecule has 0 fully saturated rings. The van der Waals surface area contributed by atoms with Gasteiger partial charge in [0.1, 0.15) is 12.1 Å². The Morgan fingerprint density at radius 1 is 0.786 bits per heavy atom. The molecule has 0 spiro atoms. The third kappa shape index (κ3) is 11.5. The van der Waals surface area contributed by atoms with Gasteiger partial charge in [-0.05, 0) is 58.0 Å². The predicted octanol–water partition coefficient (Wildman–Crippen LogP) is -2.11. The van der Waals surface area contributed by atoms with Gasteiger partial charge in [0.25, 0.3) is 0 Å². The zero-order valence-corrected chi connectivity index (χ0v) is 16.2. The SMILES string of the molecule is NCCCCC(NC(=O)C(CCCCN)NC(=O)C(N)CCC(N)=O)C(=O)O. The number of unbranched alkanes of at least 4 members (excludes halogenated alkanes) is 2. The quantitative estimate of drug-likeness (QED) is 0.141. The van der Waals surface area contributed by atoms with Crippen LogP contribution in [-0.2, 0) is 19.2 Å². The monoisotopic (exact) mass is 402 g/mol. The van der Waals surface area contributed by atoms with Crippen molar-refractivity contribution in [2.24, 2.45) is 22.9 Å². The maximum atomic E-state index is 12.5. The van der Waals surface area contributed by atoms with E-state index in [1.54, 1.807) is 0 Å². The van der Waals surface area contributed by atoms with Gasteiger partial charge in [0, 0.05) is 6.42 Å². The number of carbonyl (C=O) groups is 4. The molecule has 162 valence electrons. The van der Waals surface area contributed by atoms with Gasteiger partial charge < -0.3 is 38.7 Å². The lowest BCUT2D eigenvalue weighted by atomic mass is 10.0. The van der Waals surface area contributed by atoms with E-state index in [2.05, 4.69) is 10.6 Å². The highest BCUT2D eigenvalue weighted by Crippen LogP contribution is 2.06. The van der Waals surface area contributed by atoms with Crippen LogP contribution in [0, 0.1) is 0 Å². The highest BCUT2D eigenvalue weighted by atomic mass is 16.4. The summed E-state index contributed by atoms with van der Waals surface area (Å²) in [4.78, 5) is 47.0. The molecule has 3 unspecified atom stereocenters. The summed E-state index contributed by atoms with van der Waals surface area (Å²) in [6.45, 7) is 0.860. The van der Waals surface area contributed by atoms with E-state index >= 15 is 0 Å². The largest absolute Gasteiger partial charge is 0.480 e. The van der Waals surface area contributed by atoms with E-state index in [0.29, 0.717) is 38.8 Å². The number of carbonyl (C=O) groups excluding carboxylic acids is 3. The average Bonchev–Trinajstić information content (AvgIpc) is 2.64. The van der Waals surface area contributed by atoms with Gasteiger partial charge in [-0.15, -0.1) is 0 Å². The molecule has 0 aliphatic heterocycles. The molecule has 0 saturated carbocycles. The van der Waals surface area contributed by atoms with Gasteiger partial charge in [-0.25, -0.2) is 4.79 Å². The molecule has 0 bridgehead atoms. The zero-order valence-electron chi connectivity index (χ0n) is 16.2. The first-order chi connectivity index (χ1) is 13.2. The number of nitrogens with one attached hydrogen (secondary N) is 2. The maximum Gasteiger partial charge on any atom is 0.326 e. The van der Waals surface area contributed by atoms with E-state index in [9.17, 15) is 24.3 Å². The van der Waals surface area contributed by atoms with Gasteiger partial charge in [-0.2, -0.15) is 0 Å². The molecule has 0 aliphatic carbocycles. The van der Waals surface area contributed by atoms with Crippen LogP contribution < -0.4 is 33.6 Å². The molecule has 3 atom stereocenters. The number of carboxylic acid groups (broad SMARTS) is 1. The average molecular weight is 402 g/mol. The van der Waals surface area contributed by atoms with E-state index in [1.807, 2.05) is 0 Å². The number of amides is 3. The van der Waals surface area contributed by atoms with Crippen LogP contribution in [0.4, 0.5) is 0 Å². The van der Waals surface area contributed by atoms with Gasteiger partial charge in [0.05, 0.1) is 6.04 Å². The molecule has 0 aromatic heterocycles. The summed E-state index contributed by atoms with van der Waals surface area (Å²) < 4.78 is 0. The topological polar surface area (TPSA) is 217 Å². The summed E-state index contributed by atoms with van der Waals surface area (Å²) in [5.41, 5.74) is 21.6. The van der Waals surface area contributed by atoms with Gasteiger partial charge in [-0.1, -0.05) is 0 Å². The third-order valence-electron chi connectivity index (χ3n) is 4.18. The van der Waals surface area contributed by atoms with E-state index in [0.717, 1.165) is 0 Å². The fourth-order valence-corrected chi connectivity index (χ4v) is 2.49. The number of aliphatic carboxylic acids is 1. The molecule has 3 amide bonds. The van der Waals surface area contributed by atoms with Gasteiger partial charge in [-0.3, -0.25) is 14.4 Å². The molecule has 0 aliphatic rings. The van der Waals surface area contributed by atoms with Crippen molar-refractivity contribution >= 4 is 23.7 Å². The Balaban J connectivity index is 4.93. The smallest absolute Gasteiger partial charge is 0.326 e. The minimum Gasteiger partial charge on any atom is -0.480 e. The molecule has 0 aromatic rings. The Bertz CT molecular complexity index is 516. The van der Waals surface area contributed by atoms with Gasteiger partial charge in [0.2, 0.25) is 17.7 Å². The summed E-state index contributed by atoms with van der Waals surface area (Å²) in [7, 11) is 0. The van der Waals surface area contributed by atoms with Gasteiger partial charge in [0.15, 0.2) is 0 Å². The second kappa shape index (κ2) is 14.8. The number of nitrogens with two attached hydrogens (primary N) is 4. The van der Waals surface area contributed by atoms with Crippen molar-refractivity contribution in [2.45, 2.75) is 69.5 Å². The van der Waals surface area contributed by atoms with Crippen molar-refractivity contribution in [1.82, 2.24) is 10.6 Å². The van der Waals surface area contributed by atoms with Crippen LogP contribution in [0.25, 0.3) is 0 Å². The van der Waals surface area contributed by atoms with Crippen molar-refractivity contribution in [3.8, 4) is 0 Å². The maximum absolute atomic E-state index is 12.5. The Kier molecular flexibility index (Phi) is 13.6. The molecule has 0 rings (SSSR count). The fourth-order valence-electron chi connectivity index (χ4n) is 2.49.